The maximum absolute atomic E-state index is 12.8. The van der Waals surface area contributed by atoms with Crippen molar-refractivity contribution in [1.82, 2.24) is 10.2 Å². The Morgan fingerprint density at radius 1 is 0.741 bits per heavy atom. The molecule has 0 heterocycles. The topological polar surface area (TPSA) is 32.3 Å². The lowest BCUT2D eigenvalue weighted by Gasteiger charge is -2.23. The van der Waals surface area contributed by atoms with Gasteiger partial charge in [0, 0.05) is 19.6 Å². The molecule has 0 atom stereocenters. The Hall–Kier alpha value is -2.49. The van der Waals surface area contributed by atoms with Crippen LogP contribution in [-0.2, 0) is 19.6 Å². The molecule has 3 nitrogen and oxygen atoms in total. The summed E-state index contributed by atoms with van der Waals surface area (Å²) >= 11 is 12.0. The molecule has 0 aliphatic carbocycles. The second-order valence-corrected chi connectivity index (χ2v) is 7.05. The van der Waals surface area contributed by atoms with E-state index in [2.05, 4.69) is 5.32 Å². The predicted molar refractivity (Wildman–Crippen MR) is 111 cm³/mol. The number of nitrogens with one attached hydrogen (secondary N) is 1. The molecule has 3 aromatic carbocycles. The largest absolute Gasteiger partial charge is 0.334 e. The van der Waals surface area contributed by atoms with Crippen LogP contribution < -0.4 is 5.32 Å². The smallest absolute Gasteiger partial charge is 0.318 e. The second-order valence-electron chi connectivity index (χ2n) is 6.23. The number of nitrogens with zero attached hydrogens (tertiary/aromatic N) is 1. The SMILES string of the molecule is O=C(NCc1ccc(Cl)c(Cl)c1)N(Cc1ccccc1)Cc1ccccc1. The van der Waals surface area contributed by atoms with Crippen LogP contribution >= 0.6 is 23.2 Å². The number of carbonyl (C=O) groups is 1. The van der Waals surface area contributed by atoms with Crippen LogP contribution in [0.2, 0.25) is 10.0 Å². The zero-order valence-corrected chi connectivity index (χ0v) is 16.3. The first kappa shape index (κ1) is 19.3. The Balaban J connectivity index is 1.70. The molecular formula is C22H20Cl2N2O. The first-order chi connectivity index (χ1) is 13.1. The van der Waals surface area contributed by atoms with Crippen LogP contribution in [0.15, 0.2) is 78.9 Å². The normalized spacial score (nSPS) is 10.4. The maximum atomic E-state index is 12.8. The zero-order valence-electron chi connectivity index (χ0n) is 14.7. The molecule has 0 bridgehead atoms. The van der Waals surface area contributed by atoms with Crippen LogP contribution in [0, 0.1) is 0 Å². The van der Waals surface area contributed by atoms with E-state index in [9.17, 15) is 4.79 Å². The Bertz CT molecular complexity index is 844. The number of hydrogen-bond acceptors (Lipinski definition) is 1. The molecule has 0 saturated carbocycles. The summed E-state index contributed by atoms with van der Waals surface area (Å²) in [6.07, 6.45) is 0. The minimum atomic E-state index is -0.131. The van der Waals surface area contributed by atoms with Gasteiger partial charge in [-0.1, -0.05) is 89.9 Å². The van der Waals surface area contributed by atoms with Gasteiger partial charge in [-0.05, 0) is 28.8 Å². The van der Waals surface area contributed by atoms with Gasteiger partial charge in [0.15, 0.2) is 0 Å². The van der Waals surface area contributed by atoms with Crippen LogP contribution in [0.4, 0.5) is 4.79 Å². The molecular weight excluding hydrogens is 379 g/mol. The highest BCUT2D eigenvalue weighted by molar-refractivity contribution is 6.42. The summed E-state index contributed by atoms with van der Waals surface area (Å²) in [5.74, 6) is 0. The van der Waals surface area contributed by atoms with Crippen molar-refractivity contribution in [3.8, 4) is 0 Å². The number of hydrogen-bond donors (Lipinski definition) is 1. The van der Waals surface area contributed by atoms with Gasteiger partial charge < -0.3 is 10.2 Å². The van der Waals surface area contributed by atoms with Gasteiger partial charge in [0.05, 0.1) is 10.0 Å². The second kappa shape index (κ2) is 9.45. The Labute approximate surface area is 169 Å². The minimum Gasteiger partial charge on any atom is -0.334 e. The van der Waals surface area contributed by atoms with Crippen LogP contribution in [0.3, 0.4) is 0 Å². The van der Waals surface area contributed by atoms with E-state index in [1.54, 1.807) is 17.0 Å². The molecule has 5 heteroatoms. The highest BCUT2D eigenvalue weighted by Gasteiger charge is 2.14. The molecule has 0 aromatic heterocycles. The molecule has 0 saturated heterocycles. The molecule has 0 aliphatic heterocycles. The van der Waals surface area contributed by atoms with Gasteiger partial charge in [-0.15, -0.1) is 0 Å². The fourth-order valence-electron chi connectivity index (χ4n) is 2.75. The van der Waals surface area contributed by atoms with Gasteiger partial charge in [-0.3, -0.25) is 0 Å². The summed E-state index contributed by atoms with van der Waals surface area (Å²) in [5.41, 5.74) is 3.06. The molecule has 0 unspecified atom stereocenters. The van der Waals surface area contributed by atoms with Gasteiger partial charge in [0.1, 0.15) is 0 Å². The summed E-state index contributed by atoms with van der Waals surface area (Å²) < 4.78 is 0. The quantitative estimate of drug-likeness (QED) is 0.550. The van der Waals surface area contributed by atoms with Gasteiger partial charge in [-0.25, -0.2) is 4.79 Å². The number of halogens is 2. The summed E-state index contributed by atoms with van der Waals surface area (Å²) in [7, 11) is 0. The fraction of sp³-hybridized carbons (Fsp3) is 0.136. The van der Waals surface area contributed by atoms with Crippen molar-refractivity contribution < 1.29 is 4.79 Å². The van der Waals surface area contributed by atoms with Gasteiger partial charge in [0.25, 0.3) is 0 Å². The Kier molecular flexibility index (Phi) is 6.74. The predicted octanol–water partition coefficient (Wildman–Crippen LogP) is 5.91. The standard InChI is InChI=1S/C22H20Cl2N2O/c23-20-12-11-19(13-21(20)24)14-25-22(27)26(15-17-7-3-1-4-8-17)16-18-9-5-2-6-10-18/h1-13H,14-16H2,(H,25,27). The third-order valence-electron chi connectivity index (χ3n) is 4.15. The van der Waals surface area contributed by atoms with Crippen molar-refractivity contribution in [1.29, 1.82) is 0 Å². The lowest BCUT2D eigenvalue weighted by Crippen LogP contribution is -2.38. The fourth-order valence-corrected chi connectivity index (χ4v) is 3.07. The molecule has 138 valence electrons. The molecule has 0 fully saturated rings. The monoisotopic (exact) mass is 398 g/mol. The van der Waals surface area contributed by atoms with Crippen molar-refractivity contribution in [3.63, 3.8) is 0 Å². The number of carbonyl (C=O) groups excluding carboxylic acids is 1. The molecule has 1 N–H and O–H groups in total. The average molecular weight is 399 g/mol. The zero-order chi connectivity index (χ0) is 19.1. The average Bonchev–Trinajstić information content (AvgIpc) is 2.70. The highest BCUT2D eigenvalue weighted by Crippen LogP contribution is 2.22. The van der Waals surface area contributed by atoms with E-state index >= 15 is 0 Å². The van der Waals surface area contributed by atoms with Gasteiger partial charge >= 0.3 is 6.03 Å². The van der Waals surface area contributed by atoms with Crippen molar-refractivity contribution in [3.05, 3.63) is 106 Å². The van der Waals surface area contributed by atoms with Crippen molar-refractivity contribution in [2.75, 3.05) is 0 Å². The van der Waals surface area contributed by atoms with Gasteiger partial charge in [-0.2, -0.15) is 0 Å². The Morgan fingerprint density at radius 3 is 1.81 bits per heavy atom. The van der Waals surface area contributed by atoms with Crippen LogP contribution in [0.1, 0.15) is 16.7 Å². The summed E-state index contributed by atoms with van der Waals surface area (Å²) in [6.45, 7) is 1.45. The van der Waals surface area contributed by atoms with E-state index in [1.165, 1.54) is 0 Å². The Morgan fingerprint density at radius 2 is 1.30 bits per heavy atom. The van der Waals surface area contributed by atoms with E-state index < -0.39 is 0 Å². The number of amides is 2. The van der Waals surface area contributed by atoms with Crippen LogP contribution in [0.5, 0.6) is 0 Å². The van der Waals surface area contributed by atoms with Crippen LogP contribution in [0.25, 0.3) is 0 Å². The van der Waals surface area contributed by atoms with Crippen molar-refractivity contribution >= 4 is 29.2 Å². The van der Waals surface area contributed by atoms with E-state index in [0.717, 1.165) is 16.7 Å². The maximum Gasteiger partial charge on any atom is 0.318 e. The third-order valence-corrected chi connectivity index (χ3v) is 4.89. The molecule has 3 rings (SSSR count). The summed E-state index contributed by atoms with van der Waals surface area (Å²) in [4.78, 5) is 14.6. The molecule has 2 amide bonds. The molecule has 0 aliphatic rings. The first-order valence-corrected chi connectivity index (χ1v) is 9.42. The number of benzene rings is 3. The van der Waals surface area contributed by atoms with E-state index in [4.69, 9.17) is 23.2 Å². The van der Waals surface area contributed by atoms with E-state index in [1.807, 2.05) is 66.7 Å². The minimum absolute atomic E-state index is 0.131. The van der Waals surface area contributed by atoms with E-state index in [0.29, 0.717) is 29.7 Å². The molecule has 3 aromatic rings. The lowest BCUT2D eigenvalue weighted by molar-refractivity contribution is 0.192. The lowest BCUT2D eigenvalue weighted by atomic mass is 10.2. The van der Waals surface area contributed by atoms with Crippen molar-refractivity contribution in [2.24, 2.45) is 0 Å². The highest BCUT2D eigenvalue weighted by atomic mass is 35.5. The molecule has 0 radical (unpaired) electrons. The molecule has 0 spiro atoms. The third kappa shape index (κ3) is 5.75. The van der Waals surface area contributed by atoms with Gasteiger partial charge in [0.2, 0.25) is 0 Å². The molecule has 27 heavy (non-hydrogen) atoms. The number of urea groups is 1. The first-order valence-electron chi connectivity index (χ1n) is 8.66. The summed E-state index contributed by atoms with van der Waals surface area (Å²) in [5, 5.41) is 3.95. The number of rotatable bonds is 6. The summed E-state index contributed by atoms with van der Waals surface area (Å²) in [6, 6.07) is 25.1. The van der Waals surface area contributed by atoms with Crippen LogP contribution in [-0.4, -0.2) is 10.9 Å². The van der Waals surface area contributed by atoms with E-state index in [-0.39, 0.29) is 6.03 Å². The van der Waals surface area contributed by atoms with Crippen molar-refractivity contribution in [2.45, 2.75) is 19.6 Å².